The maximum atomic E-state index is 12.5. The van der Waals surface area contributed by atoms with Gasteiger partial charge < -0.3 is 14.5 Å². The maximum absolute atomic E-state index is 12.5. The van der Waals surface area contributed by atoms with E-state index in [0.29, 0.717) is 4.91 Å². The van der Waals surface area contributed by atoms with E-state index in [2.05, 4.69) is 60.0 Å². The van der Waals surface area contributed by atoms with E-state index in [1.54, 1.807) is 7.11 Å². The second-order valence-corrected chi connectivity index (χ2v) is 8.89. The van der Waals surface area contributed by atoms with Gasteiger partial charge in [0.2, 0.25) is 0 Å². The fourth-order valence-electron chi connectivity index (χ4n) is 3.82. The number of amidine groups is 1. The molecule has 2 aliphatic heterocycles. The molecule has 2 heterocycles. The third-order valence-corrected chi connectivity index (χ3v) is 6.62. The number of likely N-dealkylation sites (N-methyl/N-ethyl adjacent to an activating group) is 1. The average molecular weight is 422 g/mol. The van der Waals surface area contributed by atoms with Gasteiger partial charge in [-0.2, -0.15) is 4.99 Å². The van der Waals surface area contributed by atoms with Gasteiger partial charge in [0, 0.05) is 31.7 Å². The number of thioether (sulfide) groups is 1. The first-order valence-corrected chi connectivity index (χ1v) is 11.0. The molecule has 0 spiro atoms. The molecule has 4 rings (SSSR count). The van der Waals surface area contributed by atoms with Gasteiger partial charge >= 0.3 is 0 Å². The Balaban J connectivity index is 1.56. The molecule has 2 aromatic carbocycles. The van der Waals surface area contributed by atoms with Crippen molar-refractivity contribution in [2.45, 2.75) is 13.8 Å². The summed E-state index contributed by atoms with van der Waals surface area (Å²) in [5.74, 6) is 0.637. The van der Waals surface area contributed by atoms with Crippen molar-refractivity contribution in [2.75, 3.05) is 40.3 Å². The summed E-state index contributed by atoms with van der Waals surface area (Å²) in [5.41, 5.74) is 5.60. The van der Waals surface area contributed by atoms with E-state index in [9.17, 15) is 4.79 Å². The Kier molecular flexibility index (Phi) is 5.97. The highest BCUT2D eigenvalue weighted by Crippen LogP contribution is 2.36. The molecular formula is C24H27N3O2S. The molecule has 5 nitrogen and oxygen atoms in total. The number of ether oxygens (including phenoxy) is 1. The number of piperazine rings is 1. The summed E-state index contributed by atoms with van der Waals surface area (Å²) >= 11 is 1.47. The quantitative estimate of drug-likeness (QED) is 0.695. The molecule has 0 aliphatic carbocycles. The zero-order valence-electron chi connectivity index (χ0n) is 17.9. The van der Waals surface area contributed by atoms with Crippen LogP contribution in [-0.4, -0.2) is 61.2 Å². The lowest BCUT2D eigenvalue weighted by molar-refractivity contribution is -0.113. The van der Waals surface area contributed by atoms with Crippen LogP contribution in [0.1, 0.15) is 16.7 Å². The zero-order chi connectivity index (χ0) is 21.3. The molecule has 6 heteroatoms. The number of hydrogen-bond donors (Lipinski definition) is 0. The third-order valence-electron chi connectivity index (χ3n) is 5.58. The van der Waals surface area contributed by atoms with Crippen molar-refractivity contribution in [3.8, 4) is 16.9 Å². The van der Waals surface area contributed by atoms with Crippen LogP contribution in [0.5, 0.6) is 5.75 Å². The van der Waals surface area contributed by atoms with Gasteiger partial charge in [-0.15, -0.1) is 0 Å². The largest absolute Gasteiger partial charge is 0.496 e. The first kappa shape index (κ1) is 20.7. The number of benzene rings is 2. The van der Waals surface area contributed by atoms with Crippen molar-refractivity contribution in [1.82, 2.24) is 9.80 Å². The predicted molar refractivity (Wildman–Crippen MR) is 125 cm³/mol. The van der Waals surface area contributed by atoms with E-state index < -0.39 is 0 Å². The lowest BCUT2D eigenvalue weighted by Gasteiger charge is -2.32. The summed E-state index contributed by atoms with van der Waals surface area (Å²) in [6.07, 6.45) is 1.91. The Morgan fingerprint density at radius 3 is 2.47 bits per heavy atom. The number of rotatable bonds is 3. The smallest absolute Gasteiger partial charge is 0.286 e. The van der Waals surface area contributed by atoms with E-state index in [1.165, 1.54) is 22.9 Å². The van der Waals surface area contributed by atoms with E-state index in [1.807, 2.05) is 18.2 Å². The minimum atomic E-state index is -0.161. The Hall–Kier alpha value is -2.57. The summed E-state index contributed by atoms with van der Waals surface area (Å²) in [4.78, 5) is 21.9. The monoisotopic (exact) mass is 421 g/mol. The first-order chi connectivity index (χ1) is 14.4. The van der Waals surface area contributed by atoms with E-state index in [0.717, 1.165) is 53.8 Å². The summed E-state index contributed by atoms with van der Waals surface area (Å²) < 4.78 is 5.68. The van der Waals surface area contributed by atoms with Crippen molar-refractivity contribution in [3.05, 3.63) is 58.0 Å². The molecule has 0 N–H and O–H groups in total. The van der Waals surface area contributed by atoms with Gasteiger partial charge in [-0.3, -0.25) is 4.79 Å². The molecular weight excluding hydrogens is 394 g/mol. The van der Waals surface area contributed by atoms with Crippen molar-refractivity contribution in [3.63, 3.8) is 0 Å². The topological polar surface area (TPSA) is 45.1 Å². The third kappa shape index (κ3) is 4.30. The molecule has 1 saturated heterocycles. The number of aryl methyl sites for hydroxylation is 2. The molecule has 0 radical (unpaired) electrons. The number of carbonyl (C=O) groups is 1. The van der Waals surface area contributed by atoms with Crippen LogP contribution >= 0.6 is 11.8 Å². The standard InChI is InChI=1S/C24H27N3O2S/c1-16-5-7-19(17(2)13-16)20-8-6-18(14-21(20)29-4)15-22-23(28)25-24(30-22)27-11-9-26(3)10-12-27/h5-8,13-15H,9-12H2,1-4H3. The average Bonchev–Trinajstić information content (AvgIpc) is 3.09. The van der Waals surface area contributed by atoms with Gasteiger partial charge in [-0.1, -0.05) is 35.9 Å². The molecule has 1 fully saturated rings. The van der Waals surface area contributed by atoms with E-state index in [4.69, 9.17) is 4.74 Å². The van der Waals surface area contributed by atoms with Crippen LogP contribution in [0.25, 0.3) is 17.2 Å². The van der Waals surface area contributed by atoms with Gasteiger partial charge in [-0.25, -0.2) is 0 Å². The number of carbonyl (C=O) groups excluding carboxylic acids is 1. The molecule has 0 bridgehead atoms. The maximum Gasteiger partial charge on any atom is 0.286 e. The summed E-state index contributed by atoms with van der Waals surface area (Å²) in [6.45, 7) is 8.00. The second-order valence-electron chi connectivity index (χ2n) is 7.88. The second kappa shape index (κ2) is 8.66. The van der Waals surface area contributed by atoms with Gasteiger partial charge in [-0.05, 0) is 61.5 Å². The van der Waals surface area contributed by atoms with Crippen LogP contribution in [0.2, 0.25) is 0 Å². The van der Waals surface area contributed by atoms with Crippen molar-refractivity contribution < 1.29 is 9.53 Å². The van der Waals surface area contributed by atoms with E-state index in [-0.39, 0.29) is 5.91 Å². The van der Waals surface area contributed by atoms with Gasteiger partial charge in [0.1, 0.15) is 5.75 Å². The molecule has 0 aromatic heterocycles. The fraction of sp³-hybridized carbons (Fsp3) is 0.333. The molecule has 30 heavy (non-hydrogen) atoms. The van der Waals surface area contributed by atoms with Crippen molar-refractivity contribution >= 4 is 28.9 Å². The minimum absolute atomic E-state index is 0.161. The first-order valence-electron chi connectivity index (χ1n) is 10.2. The number of hydrogen-bond acceptors (Lipinski definition) is 5. The van der Waals surface area contributed by atoms with Gasteiger partial charge in [0.05, 0.1) is 12.0 Å². The summed E-state index contributed by atoms with van der Waals surface area (Å²) in [6, 6.07) is 12.5. The number of nitrogens with zero attached hydrogens (tertiary/aromatic N) is 3. The minimum Gasteiger partial charge on any atom is -0.496 e. The lowest BCUT2D eigenvalue weighted by atomic mass is 9.97. The zero-order valence-corrected chi connectivity index (χ0v) is 18.8. The predicted octanol–water partition coefficient (Wildman–Crippen LogP) is 4.20. The Labute approximate surface area is 182 Å². The van der Waals surface area contributed by atoms with Crippen molar-refractivity contribution in [2.24, 2.45) is 4.99 Å². The highest BCUT2D eigenvalue weighted by atomic mass is 32.2. The Bertz CT molecular complexity index is 1040. The van der Waals surface area contributed by atoms with Gasteiger partial charge in [0.15, 0.2) is 5.17 Å². The molecule has 1 amide bonds. The van der Waals surface area contributed by atoms with Crippen LogP contribution in [0, 0.1) is 13.8 Å². The Morgan fingerprint density at radius 2 is 1.77 bits per heavy atom. The number of aliphatic imine (C=N–C) groups is 1. The SMILES string of the molecule is COc1cc(C=C2SC(N3CCN(C)CC3)=NC2=O)ccc1-c1ccc(C)cc1C. The van der Waals surface area contributed by atoms with E-state index >= 15 is 0 Å². The normalized spacial score (nSPS) is 18.8. The van der Waals surface area contributed by atoms with Gasteiger partial charge in [0.25, 0.3) is 5.91 Å². The lowest BCUT2D eigenvalue weighted by Crippen LogP contribution is -2.46. The molecule has 156 valence electrons. The number of amides is 1. The van der Waals surface area contributed by atoms with Crippen molar-refractivity contribution in [1.29, 1.82) is 0 Å². The molecule has 2 aromatic rings. The molecule has 0 saturated carbocycles. The number of methoxy groups -OCH3 is 1. The highest BCUT2D eigenvalue weighted by molar-refractivity contribution is 8.18. The highest BCUT2D eigenvalue weighted by Gasteiger charge is 2.27. The van der Waals surface area contributed by atoms with Crippen LogP contribution in [-0.2, 0) is 4.79 Å². The van der Waals surface area contributed by atoms with Crippen LogP contribution in [0.15, 0.2) is 46.3 Å². The molecule has 2 aliphatic rings. The fourth-order valence-corrected chi connectivity index (χ4v) is 4.78. The summed E-state index contributed by atoms with van der Waals surface area (Å²) in [5, 5.41) is 0.818. The van der Waals surface area contributed by atoms with Crippen LogP contribution in [0.3, 0.4) is 0 Å². The van der Waals surface area contributed by atoms with Crippen LogP contribution in [0.4, 0.5) is 0 Å². The Morgan fingerprint density at radius 1 is 1.03 bits per heavy atom. The molecule has 0 unspecified atom stereocenters. The van der Waals surface area contributed by atoms with Crippen LogP contribution < -0.4 is 4.74 Å². The molecule has 0 atom stereocenters. The summed E-state index contributed by atoms with van der Waals surface area (Å²) in [7, 11) is 3.80.